The average Bonchev–Trinajstić information content (AvgIpc) is 3.32. The lowest BCUT2D eigenvalue weighted by molar-refractivity contribution is -0.385. The molecule has 1 aromatic heterocycles. The molecule has 9 heteroatoms. The largest absolute Gasteiger partial charge is 0.496 e. The summed E-state index contributed by atoms with van der Waals surface area (Å²) in [5, 5.41) is 12.6. The summed E-state index contributed by atoms with van der Waals surface area (Å²) in [7, 11) is 2.98. The maximum Gasteiger partial charge on any atom is 0.311 e. The van der Waals surface area contributed by atoms with E-state index in [4.69, 9.17) is 14.5 Å². The Morgan fingerprint density at radius 3 is 2.69 bits per heavy atom. The molecule has 1 saturated heterocycles. The molecule has 1 fully saturated rings. The summed E-state index contributed by atoms with van der Waals surface area (Å²) in [5.41, 5.74) is 1.46. The van der Waals surface area contributed by atoms with Crippen molar-refractivity contribution < 1.29 is 14.4 Å². The molecule has 8 nitrogen and oxygen atoms in total. The molecule has 0 unspecified atom stereocenters. The van der Waals surface area contributed by atoms with E-state index < -0.39 is 4.92 Å². The number of rotatable bonds is 6. The van der Waals surface area contributed by atoms with E-state index in [2.05, 4.69) is 16.8 Å². The molecule has 4 rings (SSSR count). The van der Waals surface area contributed by atoms with Crippen LogP contribution in [0.4, 0.5) is 5.69 Å². The summed E-state index contributed by atoms with van der Waals surface area (Å²) in [6, 6.07) is 8.68. The Bertz CT molecular complexity index is 953. The number of aliphatic imine (C=N–C) groups is 1. The molecule has 152 valence electrons. The average molecular weight is 414 g/mol. The van der Waals surface area contributed by atoms with Crippen LogP contribution in [-0.4, -0.2) is 46.0 Å². The third-order valence-corrected chi connectivity index (χ3v) is 6.50. The lowest BCUT2D eigenvalue weighted by Crippen LogP contribution is -2.35. The lowest BCUT2D eigenvalue weighted by Gasteiger charge is -2.32. The number of aromatic nitrogens is 1. The number of fused-ring (bicyclic) bond motifs is 1. The van der Waals surface area contributed by atoms with Gasteiger partial charge in [-0.3, -0.25) is 20.1 Å². The van der Waals surface area contributed by atoms with Crippen LogP contribution in [0.5, 0.6) is 11.5 Å². The van der Waals surface area contributed by atoms with Crippen LogP contribution in [0.25, 0.3) is 0 Å². The molecular formula is C20H22N4O4S. The number of pyridine rings is 1. The van der Waals surface area contributed by atoms with Crippen LogP contribution in [0, 0.1) is 10.1 Å². The van der Waals surface area contributed by atoms with Gasteiger partial charge in [-0.1, -0.05) is 24.8 Å². The van der Waals surface area contributed by atoms with Gasteiger partial charge in [0.15, 0.2) is 5.17 Å². The lowest BCUT2D eigenvalue weighted by atomic mass is 9.93. The van der Waals surface area contributed by atoms with Gasteiger partial charge in [-0.05, 0) is 18.6 Å². The second-order valence-corrected chi connectivity index (χ2v) is 7.85. The normalized spacial score (nSPS) is 22.9. The van der Waals surface area contributed by atoms with Gasteiger partial charge in [-0.25, -0.2) is 0 Å². The van der Waals surface area contributed by atoms with E-state index in [1.54, 1.807) is 37.2 Å². The number of nitro groups is 1. The molecule has 0 amide bonds. The molecule has 0 N–H and O–H groups in total. The van der Waals surface area contributed by atoms with Crippen LogP contribution in [0.1, 0.15) is 36.7 Å². The summed E-state index contributed by atoms with van der Waals surface area (Å²) in [6.45, 7) is 2.15. The summed E-state index contributed by atoms with van der Waals surface area (Å²) < 4.78 is 10.9. The van der Waals surface area contributed by atoms with Gasteiger partial charge in [-0.15, -0.1) is 0 Å². The van der Waals surface area contributed by atoms with E-state index >= 15 is 0 Å². The van der Waals surface area contributed by atoms with Gasteiger partial charge in [0, 0.05) is 35.7 Å². The number of hydrogen-bond acceptors (Lipinski definition) is 8. The molecule has 0 saturated carbocycles. The highest BCUT2D eigenvalue weighted by atomic mass is 32.2. The Morgan fingerprint density at radius 1 is 1.28 bits per heavy atom. The first-order valence-electron chi connectivity index (χ1n) is 9.39. The van der Waals surface area contributed by atoms with Gasteiger partial charge in [0.05, 0.1) is 30.9 Å². The molecule has 1 aromatic carbocycles. The van der Waals surface area contributed by atoms with Crippen molar-refractivity contribution in [3.63, 3.8) is 0 Å². The second-order valence-electron chi connectivity index (χ2n) is 6.86. The maximum absolute atomic E-state index is 11.7. The topological polar surface area (TPSA) is 90.1 Å². The second kappa shape index (κ2) is 7.90. The van der Waals surface area contributed by atoms with Crippen molar-refractivity contribution in [2.24, 2.45) is 4.99 Å². The highest BCUT2D eigenvalue weighted by Gasteiger charge is 2.47. The van der Waals surface area contributed by atoms with E-state index in [0.717, 1.165) is 28.6 Å². The van der Waals surface area contributed by atoms with Crippen LogP contribution < -0.4 is 9.47 Å². The minimum absolute atomic E-state index is 0.0866. The van der Waals surface area contributed by atoms with Crippen molar-refractivity contribution in [1.82, 2.24) is 9.88 Å². The van der Waals surface area contributed by atoms with Crippen molar-refractivity contribution in [2.45, 2.75) is 31.5 Å². The number of benzene rings is 1. The van der Waals surface area contributed by atoms with Crippen LogP contribution >= 0.6 is 11.8 Å². The van der Waals surface area contributed by atoms with Gasteiger partial charge >= 0.3 is 5.69 Å². The van der Waals surface area contributed by atoms with Gasteiger partial charge < -0.3 is 14.4 Å². The molecule has 2 aromatic rings. The zero-order valence-electron chi connectivity index (χ0n) is 16.4. The first kappa shape index (κ1) is 19.5. The van der Waals surface area contributed by atoms with E-state index in [-0.39, 0.29) is 23.5 Å². The van der Waals surface area contributed by atoms with Gasteiger partial charge in [0.2, 0.25) is 5.75 Å². The Hall–Kier alpha value is -2.81. The van der Waals surface area contributed by atoms with Crippen LogP contribution in [-0.2, 0) is 0 Å². The van der Waals surface area contributed by atoms with E-state index in [1.165, 1.54) is 7.11 Å². The monoisotopic (exact) mass is 414 g/mol. The Kier molecular flexibility index (Phi) is 5.31. The Balaban J connectivity index is 1.90. The fourth-order valence-corrected chi connectivity index (χ4v) is 5.30. The van der Waals surface area contributed by atoms with Crippen molar-refractivity contribution in [1.29, 1.82) is 0 Å². The molecule has 29 heavy (non-hydrogen) atoms. The number of methoxy groups -OCH3 is 2. The van der Waals surface area contributed by atoms with Crippen LogP contribution in [0.15, 0.2) is 41.5 Å². The fraction of sp³-hybridized carbons (Fsp3) is 0.400. The highest BCUT2D eigenvalue weighted by Crippen LogP contribution is 2.52. The molecule has 0 bridgehead atoms. The molecule has 0 radical (unpaired) electrons. The number of hydrogen-bond donors (Lipinski definition) is 0. The molecule has 0 spiro atoms. The number of ether oxygens (including phenoxy) is 2. The summed E-state index contributed by atoms with van der Waals surface area (Å²) in [6.07, 6.45) is 2.70. The van der Waals surface area contributed by atoms with Gasteiger partial charge in [-0.2, -0.15) is 0 Å². The standard InChI is InChI=1S/C20H22N4O4S/c1-4-12-11-29-20-22-18(14-7-5-6-8-21-14)19(23(12)20)13-9-15(24(25)26)17(28-3)10-16(13)27-2/h5-10,12,18-19H,4,11H2,1-3H3/t12-,18-,19-/m1/s1. The maximum atomic E-state index is 11.7. The smallest absolute Gasteiger partial charge is 0.311 e. The van der Waals surface area contributed by atoms with E-state index in [9.17, 15) is 10.1 Å². The molecular weight excluding hydrogens is 392 g/mol. The van der Waals surface area contributed by atoms with E-state index in [0.29, 0.717) is 11.8 Å². The number of nitrogens with zero attached hydrogens (tertiary/aromatic N) is 4. The third-order valence-electron chi connectivity index (χ3n) is 5.38. The van der Waals surface area contributed by atoms with Crippen molar-refractivity contribution in [3.05, 3.63) is 57.9 Å². The SMILES string of the molecule is CC[C@@H]1CSC2=N[C@H](c3ccccn3)[C@@H](c3cc([N+](=O)[O-])c(OC)cc3OC)N21. The summed E-state index contributed by atoms with van der Waals surface area (Å²) in [4.78, 5) is 23.0. The molecule has 2 aliphatic rings. The van der Waals surface area contributed by atoms with E-state index in [1.807, 2.05) is 18.2 Å². The predicted octanol–water partition coefficient (Wildman–Crippen LogP) is 3.99. The number of nitro benzene ring substituents is 1. The first-order valence-corrected chi connectivity index (χ1v) is 10.4. The summed E-state index contributed by atoms with van der Waals surface area (Å²) in [5.74, 6) is 1.66. The number of thioether (sulfide) groups is 1. The molecule has 0 aliphatic carbocycles. The molecule has 2 aliphatic heterocycles. The Morgan fingerprint density at radius 2 is 2.07 bits per heavy atom. The third kappa shape index (κ3) is 3.29. The van der Waals surface area contributed by atoms with Crippen molar-refractivity contribution >= 4 is 22.6 Å². The predicted molar refractivity (Wildman–Crippen MR) is 112 cm³/mol. The fourth-order valence-electron chi connectivity index (χ4n) is 3.97. The molecule has 3 heterocycles. The minimum Gasteiger partial charge on any atom is -0.496 e. The summed E-state index contributed by atoms with van der Waals surface area (Å²) >= 11 is 1.72. The first-order chi connectivity index (χ1) is 14.1. The quantitative estimate of drug-likeness (QED) is 0.521. The van der Waals surface area contributed by atoms with Gasteiger partial charge in [0.25, 0.3) is 0 Å². The van der Waals surface area contributed by atoms with Crippen LogP contribution in [0.2, 0.25) is 0 Å². The minimum atomic E-state index is -0.426. The Labute approximate surface area is 173 Å². The zero-order chi connectivity index (χ0) is 20.5. The van der Waals surface area contributed by atoms with Crippen molar-refractivity contribution in [2.75, 3.05) is 20.0 Å². The zero-order valence-corrected chi connectivity index (χ0v) is 17.3. The van der Waals surface area contributed by atoms with Crippen LogP contribution in [0.3, 0.4) is 0 Å². The van der Waals surface area contributed by atoms with Crippen molar-refractivity contribution in [3.8, 4) is 11.5 Å². The van der Waals surface area contributed by atoms with Gasteiger partial charge in [0.1, 0.15) is 11.8 Å². The number of amidine groups is 1. The highest BCUT2D eigenvalue weighted by molar-refractivity contribution is 8.14. The molecule has 3 atom stereocenters.